The molecule has 9 heteroatoms. The van der Waals surface area contributed by atoms with Crippen LogP contribution in [0.25, 0.3) is 0 Å². The monoisotopic (exact) mass is 430 g/mol. The van der Waals surface area contributed by atoms with Gasteiger partial charge in [-0.1, -0.05) is 12.1 Å². The number of esters is 1. The lowest BCUT2D eigenvalue weighted by Crippen LogP contribution is -2.31. The quantitative estimate of drug-likeness (QED) is 0.488. The minimum atomic E-state index is -0.504. The number of methoxy groups -OCH3 is 1. The van der Waals surface area contributed by atoms with Crippen LogP contribution in [0.5, 0.6) is 11.5 Å². The zero-order valence-corrected chi connectivity index (χ0v) is 17.3. The summed E-state index contributed by atoms with van der Waals surface area (Å²) in [7, 11) is 1.26. The number of benzene rings is 2. The van der Waals surface area contributed by atoms with Gasteiger partial charge in [0.2, 0.25) is 11.8 Å². The first-order valence-corrected chi connectivity index (χ1v) is 10.3. The molecule has 0 aromatic heterocycles. The minimum Gasteiger partial charge on any atom is -0.486 e. The molecule has 2 amide bonds. The summed E-state index contributed by atoms with van der Waals surface area (Å²) in [6.07, 6.45) is 0.130. The first kappa shape index (κ1) is 21.5. The molecule has 0 bridgehead atoms. The number of thioether (sulfide) groups is 1. The Kier molecular flexibility index (Phi) is 7.56. The second kappa shape index (κ2) is 10.5. The van der Waals surface area contributed by atoms with Crippen LogP contribution in [-0.2, 0) is 25.5 Å². The molecule has 0 saturated heterocycles. The number of amides is 2. The van der Waals surface area contributed by atoms with Crippen LogP contribution in [0.2, 0.25) is 0 Å². The predicted octanol–water partition coefficient (Wildman–Crippen LogP) is 2.02. The number of rotatable bonds is 8. The van der Waals surface area contributed by atoms with Crippen LogP contribution in [0, 0.1) is 0 Å². The first-order chi connectivity index (χ1) is 14.5. The second-order valence-electron chi connectivity index (χ2n) is 6.37. The molecule has 3 rings (SSSR count). The molecule has 1 aliphatic heterocycles. The SMILES string of the molecule is COC(=O)CNC(=O)Cc1ccc(NC(=O)CSc2ccc3c(c2)OCCO3)cc1. The van der Waals surface area contributed by atoms with E-state index in [1.807, 2.05) is 18.2 Å². The van der Waals surface area contributed by atoms with Gasteiger partial charge in [-0.25, -0.2) is 0 Å². The van der Waals surface area contributed by atoms with E-state index in [-0.39, 0.29) is 30.5 Å². The third kappa shape index (κ3) is 6.41. The van der Waals surface area contributed by atoms with Gasteiger partial charge in [-0.05, 0) is 35.9 Å². The minimum absolute atomic E-state index is 0.130. The average Bonchev–Trinajstić information content (AvgIpc) is 2.77. The van der Waals surface area contributed by atoms with Gasteiger partial charge in [0.25, 0.3) is 0 Å². The van der Waals surface area contributed by atoms with E-state index in [4.69, 9.17) is 9.47 Å². The van der Waals surface area contributed by atoms with Crippen molar-refractivity contribution in [3.8, 4) is 11.5 Å². The summed E-state index contributed by atoms with van der Waals surface area (Å²) in [6.45, 7) is 0.897. The highest BCUT2D eigenvalue weighted by Gasteiger charge is 2.13. The fourth-order valence-electron chi connectivity index (χ4n) is 2.66. The lowest BCUT2D eigenvalue weighted by atomic mass is 10.1. The van der Waals surface area contributed by atoms with Crippen LogP contribution in [0.1, 0.15) is 5.56 Å². The largest absolute Gasteiger partial charge is 0.486 e. The highest BCUT2D eigenvalue weighted by molar-refractivity contribution is 8.00. The van der Waals surface area contributed by atoms with Crippen LogP contribution in [0.3, 0.4) is 0 Å². The lowest BCUT2D eigenvalue weighted by Gasteiger charge is -2.18. The van der Waals surface area contributed by atoms with E-state index >= 15 is 0 Å². The van der Waals surface area contributed by atoms with Crippen LogP contribution >= 0.6 is 11.8 Å². The van der Waals surface area contributed by atoms with Gasteiger partial charge in [0, 0.05) is 10.6 Å². The van der Waals surface area contributed by atoms with Gasteiger partial charge in [-0.2, -0.15) is 0 Å². The van der Waals surface area contributed by atoms with Crippen LogP contribution in [0.4, 0.5) is 5.69 Å². The molecule has 0 unspecified atom stereocenters. The Morgan fingerprint density at radius 2 is 1.73 bits per heavy atom. The molecule has 0 aliphatic carbocycles. The van der Waals surface area contributed by atoms with Gasteiger partial charge >= 0.3 is 5.97 Å². The zero-order chi connectivity index (χ0) is 21.3. The van der Waals surface area contributed by atoms with Crippen molar-refractivity contribution in [2.24, 2.45) is 0 Å². The van der Waals surface area contributed by atoms with E-state index in [1.165, 1.54) is 18.9 Å². The third-order valence-electron chi connectivity index (χ3n) is 4.14. The van der Waals surface area contributed by atoms with Crippen LogP contribution in [-0.4, -0.2) is 50.4 Å². The number of ether oxygens (including phenoxy) is 3. The van der Waals surface area contributed by atoms with E-state index < -0.39 is 5.97 Å². The molecule has 0 saturated carbocycles. The number of hydrogen-bond donors (Lipinski definition) is 2. The van der Waals surface area contributed by atoms with Gasteiger partial charge in [0.05, 0.1) is 19.3 Å². The molecule has 8 nitrogen and oxygen atoms in total. The fourth-order valence-corrected chi connectivity index (χ4v) is 3.38. The van der Waals surface area contributed by atoms with E-state index in [0.717, 1.165) is 10.5 Å². The number of carbonyl (C=O) groups is 3. The van der Waals surface area contributed by atoms with Gasteiger partial charge in [0.1, 0.15) is 19.8 Å². The maximum atomic E-state index is 12.2. The van der Waals surface area contributed by atoms with E-state index in [0.29, 0.717) is 30.4 Å². The molecule has 2 N–H and O–H groups in total. The van der Waals surface area contributed by atoms with Crippen molar-refractivity contribution in [1.29, 1.82) is 0 Å². The Labute approximate surface area is 178 Å². The molecule has 0 atom stereocenters. The second-order valence-corrected chi connectivity index (χ2v) is 7.42. The molecule has 2 aromatic carbocycles. The Morgan fingerprint density at radius 3 is 2.47 bits per heavy atom. The molecule has 1 heterocycles. The highest BCUT2D eigenvalue weighted by Crippen LogP contribution is 2.34. The lowest BCUT2D eigenvalue weighted by molar-refractivity contribution is -0.141. The van der Waals surface area contributed by atoms with Gasteiger partial charge in [0.15, 0.2) is 11.5 Å². The molecule has 0 fully saturated rings. The summed E-state index contributed by atoms with van der Waals surface area (Å²) in [5.74, 6) is 0.728. The fraction of sp³-hybridized carbons (Fsp3) is 0.286. The van der Waals surface area contributed by atoms with Gasteiger partial charge < -0.3 is 24.8 Å². The molecule has 1 aliphatic rings. The van der Waals surface area contributed by atoms with Crippen molar-refractivity contribution >= 4 is 35.2 Å². The smallest absolute Gasteiger partial charge is 0.325 e. The molecule has 158 valence electrons. The highest BCUT2D eigenvalue weighted by atomic mass is 32.2. The number of fused-ring (bicyclic) bond motifs is 1. The Balaban J connectivity index is 1.44. The van der Waals surface area contributed by atoms with E-state index in [9.17, 15) is 14.4 Å². The Hall–Kier alpha value is -3.20. The van der Waals surface area contributed by atoms with Crippen molar-refractivity contribution in [2.45, 2.75) is 11.3 Å². The van der Waals surface area contributed by atoms with Gasteiger partial charge in [-0.15, -0.1) is 11.8 Å². The number of nitrogens with one attached hydrogen (secondary N) is 2. The predicted molar refractivity (Wildman–Crippen MR) is 112 cm³/mol. The van der Waals surface area contributed by atoms with E-state index in [1.54, 1.807) is 24.3 Å². The third-order valence-corrected chi connectivity index (χ3v) is 5.14. The molecule has 0 spiro atoms. The normalized spacial score (nSPS) is 12.0. The summed E-state index contributed by atoms with van der Waals surface area (Å²) >= 11 is 1.40. The number of carbonyl (C=O) groups excluding carboxylic acids is 3. The summed E-state index contributed by atoms with van der Waals surface area (Å²) in [6, 6.07) is 12.6. The van der Waals surface area contributed by atoms with Crippen molar-refractivity contribution in [2.75, 3.05) is 37.9 Å². The van der Waals surface area contributed by atoms with E-state index in [2.05, 4.69) is 15.4 Å². The van der Waals surface area contributed by atoms with Crippen LogP contribution < -0.4 is 20.1 Å². The first-order valence-electron chi connectivity index (χ1n) is 9.28. The summed E-state index contributed by atoms with van der Waals surface area (Å²) < 4.78 is 15.5. The van der Waals surface area contributed by atoms with Crippen molar-refractivity contribution in [3.63, 3.8) is 0 Å². The molecule has 0 radical (unpaired) electrons. The Morgan fingerprint density at radius 1 is 1.00 bits per heavy atom. The summed E-state index contributed by atoms with van der Waals surface area (Å²) in [5.41, 5.74) is 1.41. The molecular formula is C21H22N2O6S. The standard InChI is InChI=1S/C21H22N2O6S/c1-27-21(26)12-22-19(24)10-14-2-4-15(5-3-14)23-20(25)13-30-16-6-7-17-18(11-16)29-9-8-28-17/h2-7,11H,8-10,12-13H2,1H3,(H,22,24)(H,23,25). The summed E-state index contributed by atoms with van der Waals surface area (Å²) in [4.78, 5) is 36.0. The van der Waals surface area contributed by atoms with Crippen LogP contribution in [0.15, 0.2) is 47.4 Å². The Bertz CT molecular complexity index is 916. The molecule has 2 aromatic rings. The molecule has 30 heavy (non-hydrogen) atoms. The summed E-state index contributed by atoms with van der Waals surface area (Å²) in [5, 5.41) is 5.30. The van der Waals surface area contributed by atoms with Gasteiger partial charge in [-0.3, -0.25) is 14.4 Å². The van der Waals surface area contributed by atoms with Crippen molar-refractivity contribution in [1.82, 2.24) is 5.32 Å². The maximum absolute atomic E-state index is 12.2. The van der Waals surface area contributed by atoms with Crippen molar-refractivity contribution in [3.05, 3.63) is 48.0 Å². The number of hydrogen-bond acceptors (Lipinski definition) is 7. The molecular weight excluding hydrogens is 408 g/mol. The number of anilines is 1. The average molecular weight is 430 g/mol. The maximum Gasteiger partial charge on any atom is 0.325 e. The topological polar surface area (TPSA) is 103 Å². The zero-order valence-electron chi connectivity index (χ0n) is 16.4. The van der Waals surface area contributed by atoms with Crippen molar-refractivity contribution < 1.29 is 28.6 Å².